The number of aliphatic hydroxyl groups excluding tert-OH is 1. The van der Waals surface area contributed by atoms with Gasteiger partial charge in [0, 0.05) is 36.9 Å². The Balaban J connectivity index is 0.00000192. The summed E-state index contributed by atoms with van der Waals surface area (Å²) < 4.78 is 0. The van der Waals surface area contributed by atoms with Crippen LogP contribution in [0.5, 0.6) is 0 Å². The van der Waals surface area contributed by atoms with Crippen LogP contribution in [0.4, 0.5) is 5.69 Å². The Morgan fingerprint density at radius 3 is 2.87 bits per heavy atom. The number of aliphatic hydroxyl groups is 1. The molecule has 126 valence electrons. The van der Waals surface area contributed by atoms with E-state index in [9.17, 15) is 14.7 Å². The predicted octanol–water partition coefficient (Wildman–Crippen LogP) is 0.608. The number of anilines is 1. The summed E-state index contributed by atoms with van der Waals surface area (Å²) in [6, 6.07) is 7.57. The number of halogens is 1. The lowest BCUT2D eigenvalue weighted by atomic mass is 10.1. The fourth-order valence-corrected chi connectivity index (χ4v) is 3.75. The lowest BCUT2D eigenvalue weighted by Crippen LogP contribution is -2.38. The van der Waals surface area contributed by atoms with Crippen molar-refractivity contribution >= 4 is 41.7 Å². The van der Waals surface area contributed by atoms with Crippen LogP contribution in [-0.4, -0.2) is 47.9 Å². The van der Waals surface area contributed by atoms with E-state index in [1.165, 1.54) is 11.8 Å². The van der Waals surface area contributed by atoms with E-state index < -0.39 is 11.4 Å². The van der Waals surface area contributed by atoms with Crippen molar-refractivity contribution in [3.8, 4) is 0 Å². The largest absolute Gasteiger partial charge is 0.391 e. The molecule has 3 unspecified atom stereocenters. The number of rotatable bonds is 4. The second-order valence-corrected chi connectivity index (χ2v) is 6.83. The standard InChI is InChI=1S/C15H19N3O3S.ClH/c19-11-8-16-6-9(11)7-17-14(20)5-13-15(21)18-10-3-1-2-4-12(10)22-13;/h1-4,9,11,13,16,19H,5-8H2,(H,17,20)(H,18,21);1H. The number of amides is 2. The second-order valence-electron chi connectivity index (χ2n) is 5.59. The highest BCUT2D eigenvalue weighted by molar-refractivity contribution is 8.01. The number of hydrogen-bond acceptors (Lipinski definition) is 5. The number of nitrogens with one attached hydrogen (secondary N) is 3. The van der Waals surface area contributed by atoms with Gasteiger partial charge in [-0.2, -0.15) is 0 Å². The lowest BCUT2D eigenvalue weighted by Gasteiger charge is -2.23. The van der Waals surface area contributed by atoms with Crippen molar-refractivity contribution in [3.05, 3.63) is 24.3 Å². The summed E-state index contributed by atoms with van der Waals surface area (Å²) in [6.45, 7) is 1.70. The highest BCUT2D eigenvalue weighted by Gasteiger charge is 2.30. The molecule has 0 radical (unpaired) electrons. The van der Waals surface area contributed by atoms with Crippen molar-refractivity contribution < 1.29 is 14.7 Å². The van der Waals surface area contributed by atoms with E-state index in [0.29, 0.717) is 19.6 Å². The molecule has 3 atom stereocenters. The molecule has 2 heterocycles. The van der Waals surface area contributed by atoms with Gasteiger partial charge in [0.05, 0.1) is 17.0 Å². The Hall–Kier alpha value is -1.28. The van der Waals surface area contributed by atoms with Gasteiger partial charge in [-0.15, -0.1) is 24.2 Å². The van der Waals surface area contributed by atoms with Gasteiger partial charge < -0.3 is 21.1 Å². The first kappa shape index (κ1) is 18.1. The number of hydrogen-bond donors (Lipinski definition) is 4. The van der Waals surface area contributed by atoms with Crippen LogP contribution in [-0.2, 0) is 9.59 Å². The highest BCUT2D eigenvalue weighted by Crippen LogP contribution is 2.36. The molecule has 0 bridgehead atoms. The van der Waals surface area contributed by atoms with Crippen LogP contribution in [0.3, 0.4) is 0 Å². The third kappa shape index (κ3) is 4.38. The van der Waals surface area contributed by atoms with Crippen LogP contribution >= 0.6 is 24.2 Å². The molecule has 2 aliphatic heterocycles. The van der Waals surface area contributed by atoms with Gasteiger partial charge in [-0.25, -0.2) is 0 Å². The molecule has 3 rings (SSSR count). The van der Waals surface area contributed by atoms with Crippen molar-refractivity contribution in [2.75, 3.05) is 25.0 Å². The number of β-amino-alcohol motifs (C(OH)–C–C–N with tert-alkyl or cyclic N) is 1. The molecule has 0 saturated carbocycles. The average Bonchev–Trinajstić information content (AvgIpc) is 2.91. The van der Waals surface area contributed by atoms with Gasteiger partial charge in [0.2, 0.25) is 11.8 Å². The van der Waals surface area contributed by atoms with Crippen molar-refractivity contribution in [3.63, 3.8) is 0 Å². The first-order chi connectivity index (χ1) is 10.6. The summed E-state index contributed by atoms with van der Waals surface area (Å²) >= 11 is 1.42. The van der Waals surface area contributed by atoms with Crippen LogP contribution in [0.1, 0.15) is 6.42 Å². The van der Waals surface area contributed by atoms with Gasteiger partial charge in [-0.05, 0) is 12.1 Å². The van der Waals surface area contributed by atoms with E-state index >= 15 is 0 Å². The van der Waals surface area contributed by atoms with E-state index in [0.717, 1.165) is 10.6 Å². The smallest absolute Gasteiger partial charge is 0.238 e. The molecule has 6 nitrogen and oxygen atoms in total. The summed E-state index contributed by atoms with van der Waals surface area (Å²) in [7, 11) is 0. The fraction of sp³-hybridized carbons (Fsp3) is 0.467. The van der Waals surface area contributed by atoms with Gasteiger partial charge >= 0.3 is 0 Å². The minimum atomic E-state index is -0.417. The fourth-order valence-electron chi connectivity index (χ4n) is 2.64. The first-order valence-corrected chi connectivity index (χ1v) is 8.23. The summed E-state index contributed by atoms with van der Waals surface area (Å²) in [5.41, 5.74) is 0.800. The molecule has 2 aliphatic rings. The minimum absolute atomic E-state index is 0. The summed E-state index contributed by atoms with van der Waals surface area (Å²) in [6.07, 6.45) is -0.277. The van der Waals surface area contributed by atoms with Crippen LogP contribution in [0.15, 0.2) is 29.2 Å². The summed E-state index contributed by atoms with van der Waals surface area (Å²) in [4.78, 5) is 25.1. The average molecular weight is 358 g/mol. The normalized spacial score (nSPS) is 26.0. The predicted molar refractivity (Wildman–Crippen MR) is 92.0 cm³/mol. The zero-order chi connectivity index (χ0) is 15.5. The van der Waals surface area contributed by atoms with Gasteiger partial charge in [0.15, 0.2) is 0 Å². The number of benzene rings is 1. The number of para-hydroxylation sites is 1. The molecule has 4 N–H and O–H groups in total. The molecular weight excluding hydrogens is 338 g/mol. The Labute approximate surface area is 145 Å². The number of thioether (sulfide) groups is 1. The molecule has 1 aromatic carbocycles. The van der Waals surface area contributed by atoms with Crippen LogP contribution in [0, 0.1) is 5.92 Å². The maximum Gasteiger partial charge on any atom is 0.238 e. The highest BCUT2D eigenvalue weighted by atomic mass is 35.5. The van der Waals surface area contributed by atoms with Crippen molar-refractivity contribution in [2.24, 2.45) is 5.92 Å². The molecule has 0 aromatic heterocycles. The molecule has 0 aliphatic carbocycles. The second kappa shape index (κ2) is 8.01. The van der Waals surface area contributed by atoms with Crippen LogP contribution in [0.25, 0.3) is 0 Å². The van der Waals surface area contributed by atoms with E-state index in [1.807, 2.05) is 24.3 Å². The molecule has 1 aromatic rings. The van der Waals surface area contributed by atoms with Crippen molar-refractivity contribution in [2.45, 2.75) is 22.7 Å². The molecule has 8 heteroatoms. The Morgan fingerprint density at radius 1 is 1.35 bits per heavy atom. The minimum Gasteiger partial charge on any atom is -0.391 e. The maximum atomic E-state index is 12.0. The Bertz CT molecular complexity index is 587. The third-order valence-electron chi connectivity index (χ3n) is 3.94. The third-order valence-corrected chi connectivity index (χ3v) is 5.22. The summed E-state index contributed by atoms with van der Waals surface area (Å²) in [5.74, 6) is -0.259. The maximum absolute atomic E-state index is 12.0. The monoisotopic (exact) mass is 357 g/mol. The molecule has 23 heavy (non-hydrogen) atoms. The zero-order valence-corrected chi connectivity index (χ0v) is 14.1. The van der Waals surface area contributed by atoms with Gasteiger partial charge in [-0.3, -0.25) is 9.59 Å². The number of fused-ring (bicyclic) bond motifs is 1. The SMILES string of the molecule is Cl.O=C(CC1Sc2ccccc2NC1=O)NCC1CNCC1O. The number of carbonyl (C=O) groups is 2. The molecule has 1 saturated heterocycles. The zero-order valence-electron chi connectivity index (χ0n) is 12.5. The topological polar surface area (TPSA) is 90.5 Å². The van der Waals surface area contributed by atoms with E-state index in [1.54, 1.807) is 0 Å². The van der Waals surface area contributed by atoms with Gasteiger partial charge in [0.1, 0.15) is 0 Å². The molecular formula is C15H20ClN3O3S. The van der Waals surface area contributed by atoms with E-state index in [-0.39, 0.29) is 36.6 Å². The van der Waals surface area contributed by atoms with Crippen LogP contribution in [0.2, 0.25) is 0 Å². The van der Waals surface area contributed by atoms with E-state index in [4.69, 9.17) is 0 Å². The molecule has 0 spiro atoms. The molecule has 2 amide bonds. The van der Waals surface area contributed by atoms with E-state index in [2.05, 4.69) is 16.0 Å². The summed E-state index contributed by atoms with van der Waals surface area (Å²) in [5, 5.41) is 18.0. The Kier molecular flexibility index (Phi) is 6.29. The molecule has 1 fully saturated rings. The van der Waals surface area contributed by atoms with Gasteiger partial charge in [0.25, 0.3) is 0 Å². The van der Waals surface area contributed by atoms with Crippen LogP contribution < -0.4 is 16.0 Å². The van der Waals surface area contributed by atoms with Crippen molar-refractivity contribution in [1.29, 1.82) is 0 Å². The quantitative estimate of drug-likeness (QED) is 0.634. The van der Waals surface area contributed by atoms with Gasteiger partial charge in [-0.1, -0.05) is 12.1 Å². The lowest BCUT2D eigenvalue weighted by molar-refractivity contribution is -0.124. The first-order valence-electron chi connectivity index (χ1n) is 7.35. The van der Waals surface area contributed by atoms with Crippen molar-refractivity contribution in [1.82, 2.24) is 10.6 Å². The Morgan fingerprint density at radius 2 is 2.13 bits per heavy atom. The number of carbonyl (C=O) groups excluding carboxylic acids is 2.